The van der Waals surface area contributed by atoms with E-state index >= 15 is 0 Å². The third kappa shape index (κ3) is 3.16. The average molecular weight is 458 g/mol. The van der Waals surface area contributed by atoms with Crippen molar-refractivity contribution in [1.29, 1.82) is 0 Å². The first kappa shape index (κ1) is 21.3. The molecule has 1 aliphatic heterocycles. The molecule has 1 unspecified atom stereocenters. The number of hydrogen-bond acceptors (Lipinski definition) is 3. The Morgan fingerprint density at radius 1 is 1.12 bits per heavy atom. The van der Waals surface area contributed by atoms with Crippen molar-refractivity contribution >= 4 is 17.7 Å². The molecule has 0 spiro atoms. The number of amides is 1. The highest BCUT2D eigenvalue weighted by Gasteiger charge is 2.54. The Hall–Kier alpha value is -3.25. The van der Waals surface area contributed by atoms with Crippen LogP contribution in [0.3, 0.4) is 0 Å². The van der Waals surface area contributed by atoms with Gasteiger partial charge in [-0.2, -0.15) is 5.10 Å². The molecular formula is C28H28FN3O2. The van der Waals surface area contributed by atoms with Gasteiger partial charge in [0.05, 0.1) is 23.2 Å². The van der Waals surface area contributed by atoms with Crippen LogP contribution >= 0.6 is 0 Å². The number of carbonyl (C=O) groups excluding carboxylic acids is 1. The van der Waals surface area contributed by atoms with Crippen molar-refractivity contribution in [3.8, 4) is 5.69 Å². The summed E-state index contributed by atoms with van der Waals surface area (Å²) < 4.78 is 15.3. The zero-order valence-electron chi connectivity index (χ0n) is 19.3. The Morgan fingerprint density at radius 2 is 1.91 bits per heavy atom. The molecule has 1 N–H and O–H groups in total. The van der Waals surface area contributed by atoms with E-state index in [1.807, 2.05) is 34.0 Å². The predicted octanol–water partition coefficient (Wildman–Crippen LogP) is 4.85. The summed E-state index contributed by atoms with van der Waals surface area (Å²) in [6, 6.07) is 14.4. The van der Waals surface area contributed by atoms with Crippen LogP contribution in [0.25, 0.3) is 11.8 Å². The van der Waals surface area contributed by atoms with Crippen molar-refractivity contribution < 1.29 is 14.3 Å². The second-order valence-electron chi connectivity index (χ2n) is 10.1. The molecule has 3 aliphatic rings. The van der Waals surface area contributed by atoms with Gasteiger partial charge in [0.2, 0.25) is 5.91 Å². The normalized spacial score (nSPS) is 25.6. The van der Waals surface area contributed by atoms with Crippen LogP contribution in [0.1, 0.15) is 49.4 Å². The zero-order chi connectivity index (χ0) is 23.5. The number of β-lactam (4-membered cyclic amide) rings is 1. The number of halogens is 1. The molecular weight excluding hydrogens is 429 g/mol. The largest absolute Gasteiger partial charge is 0.389 e. The number of aliphatic hydroxyl groups is 1. The van der Waals surface area contributed by atoms with Gasteiger partial charge < -0.3 is 10.0 Å². The number of para-hydroxylation sites is 1. The number of anilines is 1. The molecule has 174 valence electrons. The summed E-state index contributed by atoms with van der Waals surface area (Å²) in [5.41, 5.74) is 5.09. The molecule has 3 aromatic rings. The molecule has 1 amide bonds. The van der Waals surface area contributed by atoms with Crippen LogP contribution in [-0.4, -0.2) is 32.9 Å². The summed E-state index contributed by atoms with van der Waals surface area (Å²) in [7, 11) is 0. The fourth-order valence-corrected chi connectivity index (χ4v) is 6.02. The maximum atomic E-state index is 13.4. The van der Waals surface area contributed by atoms with Crippen LogP contribution in [0.4, 0.5) is 10.1 Å². The fourth-order valence-electron chi connectivity index (χ4n) is 6.02. The minimum Gasteiger partial charge on any atom is -0.389 e. The SMILES string of the molecule is CC12Cc3cnn(-c4ccc(F)cc4)c3C=C1CC[C@@]2(O)CCc1ccccc1N1CCC1=O. The molecule has 1 aromatic heterocycles. The smallest absolute Gasteiger partial charge is 0.228 e. The summed E-state index contributed by atoms with van der Waals surface area (Å²) in [6.07, 6.45) is 8.31. The lowest BCUT2D eigenvalue weighted by Crippen LogP contribution is -2.46. The number of hydrogen-bond donors (Lipinski definition) is 1. The van der Waals surface area contributed by atoms with E-state index in [4.69, 9.17) is 0 Å². The topological polar surface area (TPSA) is 58.4 Å². The molecule has 2 atom stereocenters. The summed E-state index contributed by atoms with van der Waals surface area (Å²) in [5.74, 6) is -0.0983. The van der Waals surface area contributed by atoms with Crippen molar-refractivity contribution in [3.63, 3.8) is 0 Å². The molecule has 2 heterocycles. The molecule has 0 bridgehead atoms. The van der Waals surface area contributed by atoms with E-state index in [1.54, 1.807) is 12.1 Å². The monoisotopic (exact) mass is 457 g/mol. The van der Waals surface area contributed by atoms with E-state index in [0.717, 1.165) is 54.0 Å². The molecule has 1 saturated heterocycles. The molecule has 6 heteroatoms. The Balaban J connectivity index is 1.27. The van der Waals surface area contributed by atoms with Crippen molar-refractivity contribution in [2.24, 2.45) is 5.41 Å². The lowest BCUT2D eigenvalue weighted by Gasteiger charge is -2.43. The predicted molar refractivity (Wildman–Crippen MR) is 129 cm³/mol. The number of aromatic nitrogens is 2. The van der Waals surface area contributed by atoms with Crippen LogP contribution in [0.5, 0.6) is 0 Å². The van der Waals surface area contributed by atoms with Gasteiger partial charge in [-0.15, -0.1) is 0 Å². The lowest BCUT2D eigenvalue weighted by atomic mass is 9.65. The Bertz CT molecular complexity index is 1310. The van der Waals surface area contributed by atoms with Gasteiger partial charge in [0.15, 0.2) is 0 Å². The molecule has 5 nitrogen and oxygen atoms in total. The first-order chi connectivity index (χ1) is 16.4. The molecule has 2 aromatic carbocycles. The molecule has 2 fully saturated rings. The quantitative estimate of drug-likeness (QED) is 0.557. The van der Waals surface area contributed by atoms with Gasteiger partial charge in [-0.25, -0.2) is 9.07 Å². The van der Waals surface area contributed by atoms with Gasteiger partial charge in [-0.1, -0.05) is 30.7 Å². The van der Waals surface area contributed by atoms with Gasteiger partial charge in [0.1, 0.15) is 5.82 Å². The molecule has 1 saturated carbocycles. The van der Waals surface area contributed by atoms with Gasteiger partial charge in [-0.05, 0) is 79.6 Å². The number of carbonyl (C=O) groups is 1. The van der Waals surface area contributed by atoms with E-state index in [2.05, 4.69) is 24.2 Å². The van der Waals surface area contributed by atoms with Gasteiger partial charge in [0.25, 0.3) is 0 Å². The van der Waals surface area contributed by atoms with Crippen LogP contribution in [0.15, 0.2) is 60.3 Å². The number of benzene rings is 2. The van der Waals surface area contributed by atoms with E-state index in [-0.39, 0.29) is 17.1 Å². The van der Waals surface area contributed by atoms with Crippen molar-refractivity contribution in [2.75, 3.05) is 11.4 Å². The highest BCUT2D eigenvalue weighted by molar-refractivity contribution is 6.00. The molecule has 34 heavy (non-hydrogen) atoms. The number of aryl methyl sites for hydroxylation is 1. The summed E-state index contributed by atoms with van der Waals surface area (Å²) in [6.45, 7) is 2.94. The Kier molecular flexibility index (Phi) is 4.78. The van der Waals surface area contributed by atoms with Gasteiger partial charge in [0, 0.05) is 24.1 Å². The third-order valence-corrected chi connectivity index (χ3v) is 8.30. The van der Waals surface area contributed by atoms with E-state index in [9.17, 15) is 14.3 Å². The second kappa shape index (κ2) is 7.64. The second-order valence-corrected chi connectivity index (χ2v) is 10.1. The number of nitrogens with zero attached hydrogens (tertiary/aromatic N) is 3. The van der Waals surface area contributed by atoms with E-state index in [1.165, 1.54) is 17.7 Å². The standard InChI is InChI=1S/C28H28FN3O2/c1-27-17-20-18-30-32(23-8-6-22(29)7-9-23)25(20)16-21(27)11-14-28(27,34)13-10-19-4-2-3-5-24(19)31-15-12-26(31)33/h2-9,16,18,34H,10-15,17H2,1H3/t27?,28-/m0/s1. The van der Waals surface area contributed by atoms with Gasteiger partial charge >= 0.3 is 0 Å². The fraction of sp³-hybridized carbons (Fsp3) is 0.357. The average Bonchev–Trinajstić information content (AvgIpc) is 3.34. The van der Waals surface area contributed by atoms with Crippen molar-refractivity contribution in [3.05, 3.63) is 82.9 Å². The van der Waals surface area contributed by atoms with E-state index in [0.29, 0.717) is 19.3 Å². The summed E-state index contributed by atoms with van der Waals surface area (Å²) >= 11 is 0. The van der Waals surface area contributed by atoms with Crippen LogP contribution < -0.4 is 4.90 Å². The number of fused-ring (bicyclic) bond motifs is 2. The molecule has 0 radical (unpaired) electrons. The molecule has 6 rings (SSSR count). The highest BCUT2D eigenvalue weighted by atomic mass is 19.1. The molecule has 2 aliphatic carbocycles. The summed E-state index contributed by atoms with van der Waals surface area (Å²) in [4.78, 5) is 13.9. The maximum Gasteiger partial charge on any atom is 0.228 e. The summed E-state index contributed by atoms with van der Waals surface area (Å²) in [5, 5.41) is 16.5. The third-order valence-electron chi connectivity index (χ3n) is 8.30. The van der Waals surface area contributed by atoms with Gasteiger partial charge in [-0.3, -0.25) is 4.79 Å². The van der Waals surface area contributed by atoms with Crippen LogP contribution in [-0.2, 0) is 17.6 Å². The van der Waals surface area contributed by atoms with Crippen molar-refractivity contribution in [2.45, 2.75) is 51.0 Å². The van der Waals surface area contributed by atoms with Crippen LogP contribution in [0.2, 0.25) is 0 Å². The highest BCUT2D eigenvalue weighted by Crippen LogP contribution is 2.57. The zero-order valence-corrected chi connectivity index (χ0v) is 19.3. The van der Waals surface area contributed by atoms with E-state index < -0.39 is 5.60 Å². The minimum absolute atomic E-state index is 0.169. The first-order valence-electron chi connectivity index (χ1n) is 12.0. The van der Waals surface area contributed by atoms with Crippen LogP contribution in [0, 0.1) is 11.2 Å². The Morgan fingerprint density at radius 3 is 2.65 bits per heavy atom. The maximum absolute atomic E-state index is 13.4. The first-order valence-corrected chi connectivity index (χ1v) is 12.0. The minimum atomic E-state index is -0.833. The Labute approximate surface area is 198 Å². The lowest BCUT2D eigenvalue weighted by molar-refractivity contribution is -0.122. The number of rotatable bonds is 5. The van der Waals surface area contributed by atoms with Crippen molar-refractivity contribution in [1.82, 2.24) is 9.78 Å².